The highest BCUT2D eigenvalue weighted by molar-refractivity contribution is 5.57. The van der Waals surface area contributed by atoms with Crippen LogP contribution in [0.2, 0.25) is 0 Å². The van der Waals surface area contributed by atoms with Crippen molar-refractivity contribution in [3.8, 4) is 0 Å². The van der Waals surface area contributed by atoms with Crippen LogP contribution in [0.1, 0.15) is 12.5 Å². The largest absolute Gasteiger partial charge is 0.418 e. The Kier molecular flexibility index (Phi) is 4.12. The number of nitro groups is 1. The zero-order valence-corrected chi connectivity index (χ0v) is 9.49. The number of halogens is 3. The minimum atomic E-state index is -4.66. The topological polar surface area (TPSA) is 81.2 Å². The molecule has 0 fully saturated rings. The lowest BCUT2D eigenvalue weighted by Crippen LogP contribution is -2.26. The SMILES string of the molecule is CC(N)CNc1ccc([N+](=O)[O-])cc1C(F)(F)F. The lowest BCUT2D eigenvalue weighted by atomic mass is 10.1. The van der Waals surface area contributed by atoms with Crippen molar-refractivity contribution in [1.82, 2.24) is 0 Å². The lowest BCUT2D eigenvalue weighted by Gasteiger charge is -2.15. The molecule has 8 heteroatoms. The summed E-state index contributed by atoms with van der Waals surface area (Å²) in [6, 6.07) is 2.22. The predicted molar refractivity (Wildman–Crippen MR) is 60.2 cm³/mol. The van der Waals surface area contributed by atoms with Crippen LogP contribution in [-0.4, -0.2) is 17.5 Å². The molecule has 0 aromatic heterocycles. The number of nitro benzene ring substituents is 1. The first-order chi connectivity index (χ1) is 8.21. The molecule has 0 aliphatic heterocycles. The number of hydrogen-bond acceptors (Lipinski definition) is 4. The summed E-state index contributed by atoms with van der Waals surface area (Å²) in [4.78, 5) is 9.58. The van der Waals surface area contributed by atoms with E-state index in [-0.39, 0.29) is 18.3 Å². The standard InChI is InChI=1S/C10H12F3N3O2/c1-6(14)5-15-9-3-2-7(16(17)18)4-8(9)10(11,12)13/h2-4,6,15H,5,14H2,1H3. The number of alkyl halides is 3. The van der Waals surface area contributed by atoms with Crippen molar-refractivity contribution in [3.63, 3.8) is 0 Å². The average Bonchev–Trinajstić information content (AvgIpc) is 2.24. The molecule has 0 radical (unpaired) electrons. The zero-order valence-electron chi connectivity index (χ0n) is 9.49. The molecule has 3 N–H and O–H groups in total. The van der Waals surface area contributed by atoms with Gasteiger partial charge in [0, 0.05) is 30.4 Å². The number of hydrogen-bond donors (Lipinski definition) is 2. The molecule has 0 saturated heterocycles. The highest BCUT2D eigenvalue weighted by Gasteiger charge is 2.35. The van der Waals surface area contributed by atoms with Gasteiger partial charge in [-0.15, -0.1) is 0 Å². The number of non-ortho nitro benzene ring substituents is 1. The first kappa shape index (κ1) is 14.2. The Hall–Kier alpha value is -1.83. The molecule has 0 saturated carbocycles. The van der Waals surface area contributed by atoms with Crippen LogP contribution < -0.4 is 11.1 Å². The Morgan fingerprint density at radius 3 is 2.56 bits per heavy atom. The van der Waals surface area contributed by atoms with E-state index in [1.165, 1.54) is 0 Å². The quantitative estimate of drug-likeness (QED) is 0.645. The van der Waals surface area contributed by atoms with Gasteiger partial charge in [-0.3, -0.25) is 10.1 Å². The summed E-state index contributed by atoms with van der Waals surface area (Å²) in [5, 5.41) is 13.0. The number of nitrogens with one attached hydrogen (secondary N) is 1. The summed E-state index contributed by atoms with van der Waals surface area (Å²) in [6.07, 6.45) is -4.66. The third-order valence-electron chi connectivity index (χ3n) is 2.13. The fourth-order valence-electron chi connectivity index (χ4n) is 1.31. The Morgan fingerprint density at radius 1 is 1.50 bits per heavy atom. The van der Waals surface area contributed by atoms with Crippen molar-refractivity contribution in [1.29, 1.82) is 0 Å². The van der Waals surface area contributed by atoms with Gasteiger partial charge in [0.05, 0.1) is 10.5 Å². The maximum Gasteiger partial charge on any atom is 0.418 e. The molecule has 1 unspecified atom stereocenters. The average molecular weight is 263 g/mol. The number of rotatable bonds is 4. The summed E-state index contributed by atoms with van der Waals surface area (Å²) in [6.45, 7) is 1.77. The van der Waals surface area contributed by atoms with Crippen molar-refractivity contribution in [2.45, 2.75) is 19.1 Å². The molecule has 1 atom stereocenters. The van der Waals surface area contributed by atoms with Gasteiger partial charge in [0.2, 0.25) is 0 Å². The van der Waals surface area contributed by atoms with E-state index < -0.39 is 22.4 Å². The maximum atomic E-state index is 12.7. The monoisotopic (exact) mass is 263 g/mol. The molecular formula is C10H12F3N3O2. The normalized spacial score (nSPS) is 13.2. The molecule has 0 spiro atoms. The first-order valence-electron chi connectivity index (χ1n) is 5.07. The molecule has 0 heterocycles. The molecule has 0 bridgehead atoms. The Labute approximate surface area is 101 Å². The number of benzene rings is 1. The number of nitrogens with two attached hydrogens (primary N) is 1. The maximum absolute atomic E-state index is 12.7. The lowest BCUT2D eigenvalue weighted by molar-refractivity contribution is -0.385. The van der Waals surface area contributed by atoms with E-state index in [1.807, 2.05) is 0 Å². The predicted octanol–water partition coefficient (Wildman–Crippen LogP) is 2.37. The highest BCUT2D eigenvalue weighted by atomic mass is 19.4. The smallest absolute Gasteiger partial charge is 0.383 e. The van der Waals surface area contributed by atoms with E-state index in [1.54, 1.807) is 6.92 Å². The molecule has 1 rings (SSSR count). The van der Waals surface area contributed by atoms with Crippen molar-refractivity contribution in [2.75, 3.05) is 11.9 Å². The van der Waals surface area contributed by atoms with Crippen LogP contribution in [0, 0.1) is 10.1 Å². The summed E-state index contributed by atoms with van der Waals surface area (Å²) in [5.74, 6) is 0. The molecule has 18 heavy (non-hydrogen) atoms. The van der Waals surface area contributed by atoms with Crippen molar-refractivity contribution in [3.05, 3.63) is 33.9 Å². The third-order valence-corrected chi connectivity index (χ3v) is 2.13. The molecule has 1 aromatic carbocycles. The Bertz CT molecular complexity index is 446. The fourth-order valence-corrected chi connectivity index (χ4v) is 1.31. The van der Waals surface area contributed by atoms with Crippen LogP contribution in [0.15, 0.2) is 18.2 Å². The molecule has 1 aromatic rings. The minimum Gasteiger partial charge on any atom is -0.383 e. The molecule has 100 valence electrons. The van der Waals surface area contributed by atoms with E-state index in [9.17, 15) is 23.3 Å². The van der Waals surface area contributed by atoms with Crippen LogP contribution in [0.5, 0.6) is 0 Å². The van der Waals surface area contributed by atoms with Crippen molar-refractivity contribution in [2.24, 2.45) is 5.73 Å². The van der Waals surface area contributed by atoms with Gasteiger partial charge < -0.3 is 11.1 Å². The summed E-state index contributed by atoms with van der Waals surface area (Å²) in [7, 11) is 0. The second-order valence-corrected chi connectivity index (χ2v) is 3.84. The van der Waals surface area contributed by atoms with E-state index in [2.05, 4.69) is 5.32 Å². The van der Waals surface area contributed by atoms with E-state index in [0.717, 1.165) is 12.1 Å². The van der Waals surface area contributed by atoms with E-state index >= 15 is 0 Å². The van der Waals surface area contributed by atoms with Crippen LogP contribution in [0.3, 0.4) is 0 Å². The second kappa shape index (κ2) is 5.21. The number of anilines is 1. The Balaban J connectivity index is 3.13. The van der Waals surface area contributed by atoms with Gasteiger partial charge in [0.15, 0.2) is 0 Å². The first-order valence-corrected chi connectivity index (χ1v) is 5.07. The fraction of sp³-hybridized carbons (Fsp3) is 0.400. The second-order valence-electron chi connectivity index (χ2n) is 3.84. The summed E-state index contributed by atoms with van der Waals surface area (Å²) in [5.41, 5.74) is 3.53. The molecule has 0 aliphatic rings. The van der Waals surface area contributed by atoms with Gasteiger partial charge >= 0.3 is 6.18 Å². The van der Waals surface area contributed by atoms with Crippen LogP contribution in [0.25, 0.3) is 0 Å². The van der Waals surface area contributed by atoms with Crippen LogP contribution in [-0.2, 0) is 6.18 Å². The third kappa shape index (κ3) is 3.59. The summed E-state index contributed by atoms with van der Waals surface area (Å²) < 4.78 is 38.2. The van der Waals surface area contributed by atoms with Gasteiger partial charge in [-0.1, -0.05) is 0 Å². The van der Waals surface area contributed by atoms with Gasteiger partial charge in [0.1, 0.15) is 0 Å². The van der Waals surface area contributed by atoms with E-state index in [0.29, 0.717) is 6.07 Å². The zero-order chi connectivity index (χ0) is 13.9. The van der Waals surface area contributed by atoms with Gasteiger partial charge in [-0.2, -0.15) is 13.2 Å². The minimum absolute atomic E-state index is 0.140. The van der Waals surface area contributed by atoms with Gasteiger partial charge in [-0.25, -0.2) is 0 Å². The summed E-state index contributed by atoms with van der Waals surface area (Å²) >= 11 is 0. The Morgan fingerprint density at radius 2 is 2.11 bits per heavy atom. The van der Waals surface area contributed by atoms with Crippen LogP contribution in [0.4, 0.5) is 24.5 Å². The van der Waals surface area contributed by atoms with Crippen LogP contribution >= 0.6 is 0 Å². The van der Waals surface area contributed by atoms with Gasteiger partial charge in [-0.05, 0) is 13.0 Å². The molecule has 0 aliphatic carbocycles. The number of nitrogens with zero attached hydrogens (tertiary/aromatic N) is 1. The molecule has 5 nitrogen and oxygen atoms in total. The van der Waals surface area contributed by atoms with Crippen molar-refractivity contribution >= 4 is 11.4 Å². The highest BCUT2D eigenvalue weighted by Crippen LogP contribution is 2.36. The van der Waals surface area contributed by atoms with Crippen molar-refractivity contribution < 1.29 is 18.1 Å². The van der Waals surface area contributed by atoms with E-state index in [4.69, 9.17) is 5.73 Å². The van der Waals surface area contributed by atoms with Gasteiger partial charge in [0.25, 0.3) is 5.69 Å². The molecular weight excluding hydrogens is 251 g/mol. The molecule has 0 amide bonds.